The van der Waals surface area contributed by atoms with Gasteiger partial charge in [-0.25, -0.2) is 8.78 Å². The van der Waals surface area contributed by atoms with E-state index in [9.17, 15) is 13.6 Å². The molecule has 1 aliphatic rings. The molecule has 0 saturated heterocycles. The van der Waals surface area contributed by atoms with E-state index in [2.05, 4.69) is 20.8 Å². The molecule has 0 spiro atoms. The summed E-state index contributed by atoms with van der Waals surface area (Å²) in [6.07, 6.45) is 0. The van der Waals surface area contributed by atoms with Crippen LogP contribution in [0, 0.1) is 11.6 Å². The Kier molecular flexibility index (Phi) is 4.25. The highest BCUT2D eigenvalue weighted by Gasteiger charge is 2.15. The predicted octanol–water partition coefficient (Wildman–Crippen LogP) is 3.48. The summed E-state index contributed by atoms with van der Waals surface area (Å²) in [6.45, 7) is 0.140. The van der Waals surface area contributed by atoms with Crippen LogP contribution in [-0.4, -0.2) is 22.9 Å². The molecular formula is C18H12F2N4O3. The highest BCUT2D eigenvalue weighted by Crippen LogP contribution is 2.34. The Balaban J connectivity index is 1.44. The summed E-state index contributed by atoms with van der Waals surface area (Å²) >= 11 is 0. The number of fused-ring (bicyclic) bond motifs is 1. The monoisotopic (exact) mass is 370 g/mol. The third-order valence-electron chi connectivity index (χ3n) is 3.72. The number of rotatable bonds is 4. The zero-order chi connectivity index (χ0) is 18.8. The van der Waals surface area contributed by atoms with Crippen LogP contribution in [0.1, 0.15) is 10.5 Å². The molecule has 2 aromatic carbocycles. The Bertz CT molecular complexity index is 1010. The molecule has 4 rings (SSSR count). The third-order valence-corrected chi connectivity index (χ3v) is 3.72. The van der Waals surface area contributed by atoms with Crippen molar-refractivity contribution < 1.29 is 23.0 Å². The average Bonchev–Trinajstić information content (AvgIpc) is 3.12. The van der Waals surface area contributed by atoms with Gasteiger partial charge in [-0.05, 0) is 36.4 Å². The van der Waals surface area contributed by atoms with E-state index in [1.807, 2.05) is 0 Å². The van der Waals surface area contributed by atoms with E-state index in [4.69, 9.17) is 9.47 Å². The molecule has 0 saturated carbocycles. The van der Waals surface area contributed by atoms with Gasteiger partial charge in [-0.1, -0.05) is 0 Å². The van der Waals surface area contributed by atoms with E-state index in [-0.39, 0.29) is 24.0 Å². The molecule has 2 heterocycles. The highest BCUT2D eigenvalue weighted by atomic mass is 19.1. The van der Waals surface area contributed by atoms with E-state index < -0.39 is 17.5 Å². The maximum atomic E-state index is 13.6. The lowest BCUT2D eigenvalue weighted by Crippen LogP contribution is -2.14. The second-order valence-corrected chi connectivity index (χ2v) is 5.58. The van der Waals surface area contributed by atoms with E-state index >= 15 is 0 Å². The molecule has 0 atom stereocenters. The van der Waals surface area contributed by atoms with Gasteiger partial charge in [0.15, 0.2) is 23.0 Å². The minimum atomic E-state index is -0.763. The van der Waals surface area contributed by atoms with Gasteiger partial charge in [-0.2, -0.15) is 0 Å². The van der Waals surface area contributed by atoms with Crippen LogP contribution in [0.3, 0.4) is 0 Å². The summed E-state index contributed by atoms with van der Waals surface area (Å²) in [5.41, 5.74) is 0.627. The number of carbonyl (C=O) groups is 1. The lowest BCUT2D eigenvalue weighted by Gasteiger charge is -2.08. The zero-order valence-electron chi connectivity index (χ0n) is 13.7. The number of anilines is 3. The quantitative estimate of drug-likeness (QED) is 0.731. The van der Waals surface area contributed by atoms with Gasteiger partial charge >= 0.3 is 0 Å². The number of benzene rings is 2. The maximum Gasteiger partial charge on any atom is 0.276 e. The van der Waals surface area contributed by atoms with Gasteiger partial charge in [-0.15, -0.1) is 10.2 Å². The Morgan fingerprint density at radius 3 is 2.59 bits per heavy atom. The minimum Gasteiger partial charge on any atom is -0.454 e. The molecule has 1 amide bonds. The van der Waals surface area contributed by atoms with Crippen LogP contribution >= 0.6 is 0 Å². The van der Waals surface area contributed by atoms with Gasteiger partial charge in [-0.3, -0.25) is 4.79 Å². The molecule has 2 N–H and O–H groups in total. The SMILES string of the molecule is O=C(Nc1ccc2c(c1)OCO2)c1ccc(Nc2ccc(F)cc2F)nn1. The fourth-order valence-corrected chi connectivity index (χ4v) is 2.42. The molecule has 1 aliphatic heterocycles. The van der Waals surface area contributed by atoms with Gasteiger partial charge in [0, 0.05) is 17.8 Å². The summed E-state index contributed by atoms with van der Waals surface area (Å²) in [5.74, 6) is -0.557. The van der Waals surface area contributed by atoms with Crippen LogP contribution in [0.25, 0.3) is 0 Å². The molecular weight excluding hydrogens is 358 g/mol. The number of nitrogens with zero attached hydrogens (tertiary/aromatic N) is 2. The van der Waals surface area contributed by atoms with E-state index in [1.165, 1.54) is 18.2 Å². The number of hydrogen-bond acceptors (Lipinski definition) is 6. The second-order valence-electron chi connectivity index (χ2n) is 5.58. The molecule has 7 nitrogen and oxygen atoms in total. The fourth-order valence-electron chi connectivity index (χ4n) is 2.42. The van der Waals surface area contributed by atoms with Crippen LogP contribution in [0.2, 0.25) is 0 Å². The lowest BCUT2D eigenvalue weighted by molar-refractivity contribution is 0.102. The van der Waals surface area contributed by atoms with Crippen molar-refractivity contribution in [2.24, 2.45) is 0 Å². The van der Waals surface area contributed by atoms with Crippen LogP contribution in [0.4, 0.5) is 26.0 Å². The topological polar surface area (TPSA) is 85.4 Å². The molecule has 9 heteroatoms. The van der Waals surface area contributed by atoms with Crippen LogP contribution < -0.4 is 20.1 Å². The smallest absolute Gasteiger partial charge is 0.276 e. The van der Waals surface area contributed by atoms with Gasteiger partial charge in [0.2, 0.25) is 6.79 Å². The molecule has 0 aliphatic carbocycles. The van der Waals surface area contributed by atoms with Gasteiger partial charge in [0.1, 0.15) is 11.6 Å². The Morgan fingerprint density at radius 2 is 1.81 bits per heavy atom. The Labute approximate surface area is 151 Å². The molecule has 0 radical (unpaired) electrons. The summed E-state index contributed by atoms with van der Waals surface area (Å²) in [6, 6.07) is 11.0. The molecule has 0 fully saturated rings. The molecule has 0 bridgehead atoms. The number of nitrogens with one attached hydrogen (secondary N) is 2. The van der Waals surface area contributed by atoms with E-state index in [1.54, 1.807) is 18.2 Å². The first-order valence-corrected chi connectivity index (χ1v) is 7.85. The third kappa shape index (κ3) is 3.61. The van der Waals surface area contributed by atoms with Crippen molar-refractivity contribution in [3.05, 3.63) is 65.9 Å². The van der Waals surface area contributed by atoms with Crippen molar-refractivity contribution in [3.8, 4) is 11.5 Å². The Morgan fingerprint density at radius 1 is 0.963 bits per heavy atom. The van der Waals surface area contributed by atoms with Crippen molar-refractivity contribution in [2.75, 3.05) is 17.4 Å². The zero-order valence-corrected chi connectivity index (χ0v) is 13.7. The maximum absolute atomic E-state index is 13.6. The van der Waals surface area contributed by atoms with Crippen LogP contribution in [0.5, 0.6) is 11.5 Å². The van der Waals surface area contributed by atoms with Crippen molar-refractivity contribution in [2.45, 2.75) is 0 Å². The first-order valence-electron chi connectivity index (χ1n) is 7.85. The number of amides is 1. The normalized spacial score (nSPS) is 11.9. The molecule has 27 heavy (non-hydrogen) atoms. The van der Waals surface area contributed by atoms with E-state index in [0.717, 1.165) is 12.1 Å². The number of ether oxygens (including phenoxy) is 2. The Hall–Kier alpha value is -3.75. The summed E-state index contributed by atoms with van der Waals surface area (Å²) in [4.78, 5) is 12.3. The van der Waals surface area contributed by atoms with Gasteiger partial charge in [0.25, 0.3) is 5.91 Å². The summed E-state index contributed by atoms with van der Waals surface area (Å²) < 4.78 is 37.0. The number of carbonyl (C=O) groups excluding carboxylic acids is 1. The van der Waals surface area contributed by atoms with Gasteiger partial charge < -0.3 is 20.1 Å². The van der Waals surface area contributed by atoms with Crippen molar-refractivity contribution in [1.82, 2.24) is 10.2 Å². The van der Waals surface area contributed by atoms with Crippen LogP contribution in [0.15, 0.2) is 48.5 Å². The van der Waals surface area contributed by atoms with Crippen molar-refractivity contribution in [3.63, 3.8) is 0 Å². The first kappa shape index (κ1) is 16.7. The fraction of sp³-hybridized carbons (Fsp3) is 0.0556. The highest BCUT2D eigenvalue weighted by molar-refractivity contribution is 6.03. The average molecular weight is 370 g/mol. The lowest BCUT2D eigenvalue weighted by atomic mass is 10.2. The molecule has 0 unspecified atom stereocenters. The molecule has 3 aromatic rings. The second kappa shape index (κ2) is 6.87. The van der Waals surface area contributed by atoms with Crippen LogP contribution in [-0.2, 0) is 0 Å². The largest absolute Gasteiger partial charge is 0.454 e. The summed E-state index contributed by atoms with van der Waals surface area (Å²) in [7, 11) is 0. The van der Waals surface area contributed by atoms with E-state index in [0.29, 0.717) is 17.2 Å². The van der Waals surface area contributed by atoms with Crippen molar-refractivity contribution >= 4 is 23.1 Å². The van der Waals surface area contributed by atoms with Gasteiger partial charge in [0.05, 0.1) is 5.69 Å². The molecule has 136 valence electrons. The predicted molar refractivity (Wildman–Crippen MR) is 92.2 cm³/mol. The van der Waals surface area contributed by atoms with Crippen molar-refractivity contribution in [1.29, 1.82) is 0 Å². The minimum absolute atomic E-state index is 0.0447. The number of aromatic nitrogens is 2. The number of halogens is 2. The number of hydrogen-bond donors (Lipinski definition) is 2. The molecule has 1 aromatic heterocycles. The first-order chi connectivity index (χ1) is 13.1. The standard InChI is InChI=1S/C18H12F2N4O3/c19-10-1-3-13(12(20)7-10)22-17-6-4-14(23-24-17)18(25)21-11-2-5-15-16(8-11)27-9-26-15/h1-8H,9H2,(H,21,25)(H,22,24). The summed E-state index contributed by atoms with van der Waals surface area (Å²) in [5, 5.41) is 13.0.